The topological polar surface area (TPSA) is 193 Å². The Bertz CT molecular complexity index is 2000. The number of rotatable bonds is 10. The highest BCUT2D eigenvalue weighted by Gasteiger charge is 2.30. The molecule has 63 heavy (non-hydrogen) atoms. The average molecular weight is 1000 g/mol. The summed E-state index contributed by atoms with van der Waals surface area (Å²) < 4.78 is 17.1. The van der Waals surface area contributed by atoms with Gasteiger partial charge in [0.2, 0.25) is 0 Å². The number of thiazole rings is 1. The molecule has 346 valence electrons. The SMILES string of the molecule is CC1=C(C(=O)Nc2ccccc2)SCCO1.CN(C)C(=S)SSC(=S)N(C)C.CN/C(=N\[N+](=O)[O-])NCc1cnc(Cl)s1.COCC(=O)N(c1c(C)cccc1C)C(C)C(=O)OC. The molecule has 2 heterocycles. The normalized spacial score (nSPS) is 12.2. The van der Waals surface area contributed by atoms with Crippen molar-refractivity contribution in [2.24, 2.45) is 5.10 Å². The Hall–Kier alpha value is -4.23. The number of carbonyl (C=O) groups is 3. The van der Waals surface area contributed by atoms with Crippen molar-refractivity contribution in [2.45, 2.75) is 40.3 Å². The van der Waals surface area contributed by atoms with E-state index in [0.29, 0.717) is 28.3 Å². The summed E-state index contributed by atoms with van der Waals surface area (Å²) in [5.41, 5.74) is 3.38. The Balaban J connectivity index is 0.000000427. The predicted molar refractivity (Wildman–Crippen MR) is 268 cm³/mol. The molecular formula is C39H54ClN9O8S6. The molecule has 24 heteroatoms. The number of halogens is 1. The van der Waals surface area contributed by atoms with E-state index in [2.05, 4.69) is 26.0 Å². The van der Waals surface area contributed by atoms with E-state index < -0.39 is 17.0 Å². The van der Waals surface area contributed by atoms with Crippen molar-refractivity contribution >= 4 is 124 Å². The van der Waals surface area contributed by atoms with Gasteiger partial charge in [-0.2, -0.15) is 0 Å². The molecule has 1 aliphatic heterocycles. The number of amides is 2. The van der Waals surface area contributed by atoms with Gasteiger partial charge in [-0.3, -0.25) is 14.5 Å². The summed E-state index contributed by atoms with van der Waals surface area (Å²) in [5, 5.41) is 20.5. The highest BCUT2D eigenvalue weighted by molar-refractivity contribution is 8.89. The molecule has 1 unspecified atom stereocenters. The Morgan fingerprint density at radius 1 is 1.02 bits per heavy atom. The molecule has 0 saturated heterocycles. The largest absolute Gasteiger partial charge is 0.496 e. The van der Waals surface area contributed by atoms with E-state index in [9.17, 15) is 24.5 Å². The third-order valence-electron chi connectivity index (χ3n) is 7.64. The maximum absolute atomic E-state index is 12.3. The maximum atomic E-state index is 12.3. The van der Waals surface area contributed by atoms with Crippen molar-refractivity contribution in [1.82, 2.24) is 25.4 Å². The van der Waals surface area contributed by atoms with Gasteiger partial charge in [0.1, 0.15) is 37.1 Å². The summed E-state index contributed by atoms with van der Waals surface area (Å²) >= 11 is 18.6. The Kier molecular flexibility index (Phi) is 27.7. The van der Waals surface area contributed by atoms with E-state index in [1.807, 2.05) is 107 Å². The quantitative estimate of drug-likeness (QED) is 0.0352. The zero-order valence-electron chi connectivity index (χ0n) is 36.9. The Labute approximate surface area is 401 Å². The van der Waals surface area contributed by atoms with Crippen LogP contribution in [0.1, 0.15) is 29.9 Å². The molecule has 1 atom stereocenters. The van der Waals surface area contributed by atoms with Crippen LogP contribution in [0.5, 0.6) is 0 Å². The molecule has 0 bridgehead atoms. The van der Waals surface area contributed by atoms with E-state index in [-0.39, 0.29) is 24.4 Å². The molecule has 0 aliphatic carbocycles. The molecule has 0 saturated carbocycles. The van der Waals surface area contributed by atoms with Crippen molar-refractivity contribution in [3.05, 3.63) is 96.0 Å². The Morgan fingerprint density at radius 2 is 1.60 bits per heavy atom. The van der Waals surface area contributed by atoms with Gasteiger partial charge in [-0.15, -0.1) is 23.1 Å². The van der Waals surface area contributed by atoms with Crippen LogP contribution in [0.15, 0.2) is 70.5 Å². The van der Waals surface area contributed by atoms with Crippen molar-refractivity contribution in [1.29, 1.82) is 0 Å². The van der Waals surface area contributed by atoms with Gasteiger partial charge in [-0.25, -0.2) is 19.9 Å². The number of hydrogen-bond donors (Lipinski definition) is 3. The lowest BCUT2D eigenvalue weighted by Crippen LogP contribution is -2.46. The first-order valence-electron chi connectivity index (χ1n) is 18.6. The number of ether oxygens (including phenoxy) is 3. The van der Waals surface area contributed by atoms with E-state index in [4.69, 9.17) is 50.2 Å². The molecule has 0 radical (unpaired) electrons. The maximum Gasteiger partial charge on any atom is 0.328 e. The number of allylic oxidation sites excluding steroid dienone is 1. The number of thioether (sulfide) groups is 1. The number of aryl methyl sites for hydroxylation is 2. The fourth-order valence-electron chi connectivity index (χ4n) is 4.64. The van der Waals surface area contributed by atoms with Crippen LogP contribution < -0.4 is 20.9 Å². The minimum Gasteiger partial charge on any atom is -0.496 e. The first kappa shape index (κ1) is 56.8. The number of benzene rings is 2. The molecule has 1 aliphatic rings. The summed E-state index contributed by atoms with van der Waals surface area (Å²) in [4.78, 5) is 56.7. The van der Waals surface area contributed by atoms with Crippen LogP contribution in [-0.4, -0.2) is 127 Å². The van der Waals surface area contributed by atoms with Crippen LogP contribution in [-0.2, 0) is 35.1 Å². The van der Waals surface area contributed by atoms with Crippen molar-refractivity contribution in [3.8, 4) is 0 Å². The summed E-state index contributed by atoms with van der Waals surface area (Å²) in [5.74, 6) is 0.803. The lowest BCUT2D eigenvalue weighted by molar-refractivity contribution is -0.485. The van der Waals surface area contributed by atoms with Crippen LogP contribution >= 0.6 is 80.7 Å². The molecule has 17 nitrogen and oxygen atoms in total. The molecule has 2 amide bonds. The monoisotopic (exact) mass is 1000 g/mol. The van der Waals surface area contributed by atoms with Gasteiger partial charge in [-0.05, 0) is 72.5 Å². The van der Waals surface area contributed by atoms with Crippen LogP contribution in [0.25, 0.3) is 0 Å². The number of esters is 1. The van der Waals surface area contributed by atoms with Gasteiger partial charge in [0.25, 0.3) is 17.8 Å². The molecule has 0 spiro atoms. The first-order valence-corrected chi connectivity index (χ1v) is 23.7. The zero-order valence-corrected chi connectivity index (χ0v) is 42.5. The second-order valence-corrected chi connectivity index (χ2v) is 19.1. The summed E-state index contributed by atoms with van der Waals surface area (Å²) in [6, 6.07) is 14.4. The zero-order chi connectivity index (χ0) is 47.6. The van der Waals surface area contributed by atoms with E-state index in [1.54, 1.807) is 24.9 Å². The van der Waals surface area contributed by atoms with E-state index >= 15 is 0 Å². The number of para-hydroxylation sites is 2. The van der Waals surface area contributed by atoms with Gasteiger partial charge in [-0.1, -0.05) is 72.4 Å². The van der Waals surface area contributed by atoms with Crippen molar-refractivity contribution in [2.75, 3.05) is 78.6 Å². The molecule has 3 aromatic rings. The molecule has 2 aromatic carbocycles. The number of nitro groups is 1. The smallest absolute Gasteiger partial charge is 0.328 e. The molecule has 4 rings (SSSR count). The number of thiocarbonyl (C=S) groups is 2. The highest BCUT2D eigenvalue weighted by Crippen LogP contribution is 2.29. The standard InChI is InChI=1S/C15H21NO4.C12H13NO2S.C6H8ClN5O2S.C6H12N2S4/c1-10-7-6-8-11(2)14(10)16(13(17)9-19-4)12(3)15(18)20-5;1-9-11(16-8-7-15-9)12(14)13-10-5-3-2-4-6-10;1-8-6(11-12(13)14)10-3-4-2-9-5(7)15-4;1-7(2)5(9)11-12-6(10)8(3)4/h6-8,12H,9H2,1-5H3;2-6H,7-8H2,1H3,(H,13,14);2H,3H2,1H3,(H2,8,10,11);1-4H3. The second-order valence-electron chi connectivity index (χ2n) is 12.9. The fraction of sp³-hybridized carbons (Fsp3) is 0.410. The number of aromatic nitrogens is 1. The summed E-state index contributed by atoms with van der Waals surface area (Å²) in [6.45, 7) is 8.25. The molecule has 1 aromatic heterocycles. The summed E-state index contributed by atoms with van der Waals surface area (Å²) in [7, 11) is 15.0. The van der Waals surface area contributed by atoms with E-state index in [0.717, 1.165) is 41.8 Å². The number of hydrazone groups is 1. The predicted octanol–water partition coefficient (Wildman–Crippen LogP) is 7.18. The number of methoxy groups -OCH3 is 2. The number of guanidine groups is 1. The van der Waals surface area contributed by atoms with Crippen molar-refractivity contribution < 1.29 is 33.6 Å². The first-order chi connectivity index (χ1) is 29.8. The lowest BCUT2D eigenvalue weighted by Gasteiger charge is -2.30. The third-order valence-corrected chi connectivity index (χ3v) is 14.0. The minimum atomic E-state index is -0.779. The minimum absolute atomic E-state index is 0.0875. The second kappa shape index (κ2) is 30.8. The number of carbonyl (C=O) groups excluding carboxylic acids is 3. The summed E-state index contributed by atoms with van der Waals surface area (Å²) in [6.07, 6.45) is 1.60. The molecule has 0 fully saturated rings. The number of nitrogens with zero attached hydrogens (tertiary/aromatic N) is 6. The number of hydrogen-bond acceptors (Lipinski definition) is 15. The van der Waals surface area contributed by atoms with Crippen molar-refractivity contribution in [3.63, 3.8) is 0 Å². The van der Waals surface area contributed by atoms with Crippen LogP contribution in [0, 0.1) is 24.0 Å². The van der Waals surface area contributed by atoms with Gasteiger partial charge in [0.05, 0.1) is 25.9 Å². The number of anilines is 2. The van der Waals surface area contributed by atoms with Crippen LogP contribution in [0.3, 0.4) is 0 Å². The average Bonchev–Trinajstić information content (AvgIpc) is 3.67. The van der Waals surface area contributed by atoms with E-state index in [1.165, 1.54) is 59.1 Å². The van der Waals surface area contributed by atoms with Crippen LogP contribution in [0.4, 0.5) is 11.4 Å². The fourth-order valence-corrected chi connectivity index (χ4v) is 8.75. The molecule has 3 N–H and O–H groups in total. The van der Waals surface area contributed by atoms with Gasteiger partial charge in [0, 0.05) is 64.9 Å². The highest BCUT2D eigenvalue weighted by atomic mass is 35.5. The van der Waals surface area contributed by atoms with Gasteiger partial charge in [0.15, 0.2) is 9.50 Å². The van der Waals surface area contributed by atoms with Gasteiger partial charge < -0.3 is 40.0 Å². The molecular weight excluding hydrogens is 950 g/mol. The Morgan fingerprint density at radius 3 is 2.06 bits per heavy atom. The van der Waals surface area contributed by atoms with Gasteiger partial charge >= 0.3 is 5.97 Å². The third kappa shape index (κ3) is 21.8. The number of nitrogens with one attached hydrogen (secondary N) is 3. The lowest BCUT2D eigenvalue weighted by atomic mass is 10.1. The van der Waals surface area contributed by atoms with Crippen LogP contribution in [0.2, 0.25) is 4.47 Å².